The molecule has 2 rings (SSSR count). The third-order valence-corrected chi connectivity index (χ3v) is 3.33. The van der Waals surface area contributed by atoms with Gasteiger partial charge >= 0.3 is 6.18 Å². The molecule has 0 saturated heterocycles. The van der Waals surface area contributed by atoms with Crippen LogP contribution >= 0.6 is 0 Å². The predicted octanol–water partition coefficient (Wildman–Crippen LogP) is 4.87. The highest BCUT2D eigenvalue weighted by Crippen LogP contribution is 2.33. The number of benzene rings is 2. The second-order valence-corrected chi connectivity index (χ2v) is 4.69. The van der Waals surface area contributed by atoms with E-state index in [1.807, 2.05) is 6.07 Å². The van der Waals surface area contributed by atoms with Crippen LogP contribution in [0.25, 0.3) is 0 Å². The van der Waals surface area contributed by atoms with Crippen LogP contribution in [0.15, 0.2) is 42.5 Å². The van der Waals surface area contributed by atoms with Crippen LogP contribution in [0.5, 0.6) is 0 Å². The van der Waals surface area contributed by atoms with E-state index in [4.69, 9.17) is 5.26 Å². The molecule has 0 spiro atoms. The molecule has 0 radical (unpaired) electrons. The summed E-state index contributed by atoms with van der Waals surface area (Å²) >= 11 is 0. The average molecular weight is 293 g/mol. The summed E-state index contributed by atoms with van der Waals surface area (Å²) in [5.74, 6) is -1.29. The second kappa shape index (κ2) is 5.57. The van der Waals surface area contributed by atoms with E-state index < -0.39 is 23.5 Å². The van der Waals surface area contributed by atoms with Crippen molar-refractivity contribution < 1.29 is 17.6 Å². The first-order chi connectivity index (χ1) is 9.82. The first kappa shape index (κ1) is 15.0. The molecule has 21 heavy (non-hydrogen) atoms. The Kier molecular flexibility index (Phi) is 3.99. The first-order valence-electron chi connectivity index (χ1n) is 6.19. The Bertz CT molecular complexity index is 681. The van der Waals surface area contributed by atoms with E-state index in [1.54, 1.807) is 31.2 Å². The van der Waals surface area contributed by atoms with Gasteiger partial charge in [-0.1, -0.05) is 25.1 Å². The number of rotatable bonds is 2. The summed E-state index contributed by atoms with van der Waals surface area (Å²) in [7, 11) is 0. The highest BCUT2D eigenvalue weighted by atomic mass is 19.4. The Morgan fingerprint density at radius 2 is 1.67 bits per heavy atom. The van der Waals surface area contributed by atoms with E-state index in [9.17, 15) is 17.6 Å². The molecule has 1 unspecified atom stereocenters. The molecule has 1 nitrogen and oxygen atoms in total. The molecule has 2 aromatic rings. The van der Waals surface area contributed by atoms with Crippen molar-refractivity contribution in [3.8, 4) is 6.07 Å². The normalized spacial score (nSPS) is 12.8. The van der Waals surface area contributed by atoms with E-state index in [1.165, 1.54) is 0 Å². The van der Waals surface area contributed by atoms with Crippen molar-refractivity contribution in [2.75, 3.05) is 0 Å². The molecular formula is C16H11F4N. The summed E-state index contributed by atoms with van der Waals surface area (Å²) in [5.41, 5.74) is 0.384. The fourth-order valence-corrected chi connectivity index (χ4v) is 2.08. The fraction of sp³-hybridized carbons (Fsp3) is 0.188. The van der Waals surface area contributed by atoms with Gasteiger partial charge < -0.3 is 0 Å². The minimum absolute atomic E-state index is 0.188. The topological polar surface area (TPSA) is 23.8 Å². The number of hydrogen-bond acceptors (Lipinski definition) is 1. The van der Waals surface area contributed by atoms with Crippen molar-refractivity contribution in [3.63, 3.8) is 0 Å². The van der Waals surface area contributed by atoms with Gasteiger partial charge in [0.15, 0.2) is 0 Å². The maximum atomic E-state index is 13.9. The van der Waals surface area contributed by atoms with Crippen molar-refractivity contribution in [1.82, 2.24) is 0 Å². The van der Waals surface area contributed by atoms with Crippen LogP contribution in [0.1, 0.15) is 35.1 Å². The second-order valence-electron chi connectivity index (χ2n) is 4.69. The standard InChI is InChI=1S/C16H11F4N/c1-10(12-4-2-11(9-21)3-5-12)14-7-6-13(8-15(14)17)16(18,19)20/h2-8,10H,1H3. The Morgan fingerprint density at radius 3 is 2.14 bits per heavy atom. The van der Waals surface area contributed by atoms with Gasteiger partial charge in [0, 0.05) is 5.92 Å². The number of halogens is 4. The lowest BCUT2D eigenvalue weighted by molar-refractivity contribution is -0.137. The maximum absolute atomic E-state index is 13.9. The SMILES string of the molecule is CC(c1ccc(C#N)cc1)c1ccc(C(F)(F)F)cc1F. The van der Waals surface area contributed by atoms with Crippen molar-refractivity contribution >= 4 is 0 Å². The number of hydrogen-bond donors (Lipinski definition) is 0. The van der Waals surface area contributed by atoms with Crippen LogP contribution in [0.4, 0.5) is 17.6 Å². The van der Waals surface area contributed by atoms with Crippen LogP contribution in [-0.4, -0.2) is 0 Å². The third-order valence-electron chi connectivity index (χ3n) is 3.33. The van der Waals surface area contributed by atoms with Gasteiger partial charge in [-0.05, 0) is 35.4 Å². The van der Waals surface area contributed by atoms with Gasteiger partial charge in [-0.15, -0.1) is 0 Å². The fourth-order valence-electron chi connectivity index (χ4n) is 2.08. The Morgan fingerprint density at radius 1 is 1.05 bits per heavy atom. The lowest BCUT2D eigenvalue weighted by Crippen LogP contribution is -2.07. The largest absolute Gasteiger partial charge is 0.416 e. The van der Waals surface area contributed by atoms with E-state index in [0.717, 1.165) is 17.7 Å². The quantitative estimate of drug-likeness (QED) is 0.725. The molecular weight excluding hydrogens is 282 g/mol. The maximum Gasteiger partial charge on any atom is 0.416 e. The molecule has 0 bridgehead atoms. The molecule has 0 N–H and O–H groups in total. The molecule has 0 aliphatic heterocycles. The van der Waals surface area contributed by atoms with Gasteiger partial charge in [0.2, 0.25) is 0 Å². The van der Waals surface area contributed by atoms with Crippen molar-refractivity contribution in [3.05, 3.63) is 70.5 Å². The van der Waals surface area contributed by atoms with Crippen molar-refractivity contribution in [2.24, 2.45) is 0 Å². The number of nitrogens with zero attached hydrogens (tertiary/aromatic N) is 1. The van der Waals surface area contributed by atoms with E-state index in [0.29, 0.717) is 11.6 Å². The monoisotopic (exact) mass is 293 g/mol. The van der Waals surface area contributed by atoms with Gasteiger partial charge in [-0.25, -0.2) is 4.39 Å². The lowest BCUT2D eigenvalue weighted by Gasteiger charge is -2.15. The average Bonchev–Trinajstić information content (AvgIpc) is 2.45. The number of nitriles is 1. The summed E-state index contributed by atoms with van der Waals surface area (Å²) in [5, 5.41) is 8.72. The van der Waals surface area contributed by atoms with Crippen molar-refractivity contribution in [2.45, 2.75) is 19.0 Å². The summed E-state index contributed by atoms with van der Waals surface area (Å²) in [4.78, 5) is 0. The first-order valence-corrected chi connectivity index (χ1v) is 6.19. The van der Waals surface area contributed by atoms with Gasteiger partial charge in [-0.3, -0.25) is 0 Å². The summed E-state index contributed by atoms with van der Waals surface area (Å²) in [6.07, 6.45) is -4.56. The Balaban J connectivity index is 2.35. The molecule has 0 aliphatic carbocycles. The zero-order valence-electron chi connectivity index (χ0n) is 11.1. The Hall–Kier alpha value is -2.35. The molecule has 2 aromatic carbocycles. The highest BCUT2D eigenvalue weighted by molar-refractivity contribution is 5.38. The summed E-state index contributed by atoms with van der Waals surface area (Å²) < 4.78 is 51.4. The zero-order valence-corrected chi connectivity index (χ0v) is 11.1. The minimum Gasteiger partial charge on any atom is -0.207 e. The minimum atomic E-state index is -4.56. The summed E-state index contributed by atoms with van der Waals surface area (Å²) in [6, 6.07) is 11.0. The molecule has 1 atom stereocenters. The van der Waals surface area contributed by atoms with Gasteiger partial charge in [0.1, 0.15) is 5.82 Å². The number of alkyl halides is 3. The van der Waals surface area contributed by atoms with Crippen LogP contribution in [0.3, 0.4) is 0 Å². The zero-order chi connectivity index (χ0) is 15.6. The molecule has 108 valence electrons. The van der Waals surface area contributed by atoms with E-state index in [2.05, 4.69) is 0 Å². The smallest absolute Gasteiger partial charge is 0.207 e. The predicted molar refractivity (Wildman–Crippen MR) is 70.1 cm³/mol. The summed E-state index contributed by atoms with van der Waals surface area (Å²) in [6.45, 7) is 1.70. The van der Waals surface area contributed by atoms with E-state index in [-0.39, 0.29) is 5.56 Å². The molecule has 0 amide bonds. The van der Waals surface area contributed by atoms with Gasteiger partial charge in [-0.2, -0.15) is 18.4 Å². The van der Waals surface area contributed by atoms with E-state index >= 15 is 0 Å². The highest BCUT2D eigenvalue weighted by Gasteiger charge is 2.31. The van der Waals surface area contributed by atoms with Gasteiger partial charge in [0.05, 0.1) is 17.2 Å². The third kappa shape index (κ3) is 3.22. The molecule has 5 heteroatoms. The van der Waals surface area contributed by atoms with Crippen LogP contribution in [0, 0.1) is 17.1 Å². The van der Waals surface area contributed by atoms with Crippen LogP contribution < -0.4 is 0 Å². The molecule has 0 heterocycles. The van der Waals surface area contributed by atoms with Crippen molar-refractivity contribution in [1.29, 1.82) is 5.26 Å². The Labute approximate surface area is 119 Å². The van der Waals surface area contributed by atoms with Gasteiger partial charge in [0.25, 0.3) is 0 Å². The molecule has 0 aromatic heterocycles. The van der Waals surface area contributed by atoms with Crippen LogP contribution in [-0.2, 0) is 6.18 Å². The lowest BCUT2D eigenvalue weighted by atomic mass is 9.91. The van der Waals surface area contributed by atoms with Crippen LogP contribution in [0.2, 0.25) is 0 Å². The molecule has 0 fully saturated rings. The molecule has 0 aliphatic rings. The molecule has 0 saturated carbocycles.